The van der Waals surface area contributed by atoms with Crippen molar-refractivity contribution in [2.45, 2.75) is 38.0 Å². The van der Waals surface area contributed by atoms with E-state index in [4.69, 9.17) is 0 Å². The van der Waals surface area contributed by atoms with Gasteiger partial charge in [0.05, 0.1) is 5.69 Å². The number of rotatable bonds is 9. The smallest absolute Gasteiger partial charge is 0.0540 e. The second kappa shape index (κ2) is 16.3. The van der Waals surface area contributed by atoms with Crippen LogP contribution in [-0.4, -0.2) is 0 Å². The van der Waals surface area contributed by atoms with Gasteiger partial charge in [0.15, 0.2) is 0 Å². The molecule has 0 bridgehead atoms. The molecule has 0 aromatic heterocycles. The molecule has 0 N–H and O–H groups in total. The Morgan fingerprint density at radius 2 is 0.953 bits per heavy atom. The number of hydrogen-bond acceptors (Lipinski definition) is 1. The first-order valence-corrected chi connectivity index (χ1v) is 23.1. The fraction of sp³-hybridized carbons (Fsp3) is 0.111. The van der Waals surface area contributed by atoms with Gasteiger partial charge in [0, 0.05) is 22.9 Å². The lowest BCUT2D eigenvalue weighted by atomic mass is 9.82. The largest absolute Gasteiger partial charge is 0.310 e. The van der Waals surface area contributed by atoms with E-state index in [0.29, 0.717) is 5.92 Å². The number of fused-ring (bicyclic) bond motifs is 4. The highest BCUT2D eigenvalue weighted by Gasteiger charge is 2.44. The summed E-state index contributed by atoms with van der Waals surface area (Å²) in [7, 11) is 0. The fourth-order valence-corrected chi connectivity index (χ4v) is 11.0. The predicted octanol–water partition coefficient (Wildman–Crippen LogP) is 17.6. The maximum atomic E-state index is 2.47. The van der Waals surface area contributed by atoms with Gasteiger partial charge in [-0.2, -0.15) is 0 Å². The third kappa shape index (κ3) is 6.89. The number of benzene rings is 9. The first kappa shape index (κ1) is 38.2. The topological polar surface area (TPSA) is 3.24 Å². The molecule has 9 aromatic carbocycles. The second-order valence-electron chi connectivity index (χ2n) is 17.8. The number of nitrogens with zero attached hydrogens (tertiary/aromatic N) is 1. The Morgan fingerprint density at radius 3 is 1.72 bits per heavy atom. The zero-order chi connectivity index (χ0) is 42.4. The normalized spacial score (nSPS) is 15.5. The van der Waals surface area contributed by atoms with Gasteiger partial charge < -0.3 is 4.90 Å². The Hall–Kier alpha value is -7.48. The van der Waals surface area contributed by atoms with Crippen LogP contribution in [0.5, 0.6) is 0 Å². The number of allylic oxidation sites excluding steroid dienone is 3. The molecule has 64 heavy (non-hydrogen) atoms. The Labute approximate surface area is 377 Å². The van der Waals surface area contributed by atoms with Crippen LogP contribution >= 0.6 is 0 Å². The molecular weight excluding hydrogens is 771 g/mol. The fourth-order valence-electron chi connectivity index (χ4n) is 11.0. The molecule has 306 valence electrons. The van der Waals surface area contributed by atoms with Crippen LogP contribution in [0.15, 0.2) is 230 Å². The molecule has 1 heteroatoms. The molecule has 0 amide bonds. The third-order valence-corrected chi connectivity index (χ3v) is 14.1. The minimum atomic E-state index is 0.439. The molecule has 1 saturated carbocycles. The lowest BCUT2D eigenvalue weighted by Crippen LogP contribution is -2.12. The Morgan fingerprint density at radius 1 is 0.375 bits per heavy atom. The average molecular weight is 820 g/mol. The molecule has 0 spiro atoms. The summed E-state index contributed by atoms with van der Waals surface area (Å²) < 4.78 is 0. The molecule has 0 unspecified atom stereocenters. The molecule has 1 nitrogen and oxygen atoms in total. The monoisotopic (exact) mass is 819 g/mol. The summed E-state index contributed by atoms with van der Waals surface area (Å²) in [6.07, 6.45) is 11.6. The van der Waals surface area contributed by atoms with Crippen molar-refractivity contribution in [1.29, 1.82) is 0 Å². The third-order valence-electron chi connectivity index (χ3n) is 14.1. The van der Waals surface area contributed by atoms with E-state index in [9.17, 15) is 0 Å². The first-order chi connectivity index (χ1) is 31.8. The highest BCUT2D eigenvalue weighted by molar-refractivity contribution is 5.98. The van der Waals surface area contributed by atoms with Crippen molar-refractivity contribution in [2.75, 3.05) is 4.90 Å². The van der Waals surface area contributed by atoms with Gasteiger partial charge in [0.1, 0.15) is 0 Å². The quantitative estimate of drug-likeness (QED) is 0.140. The molecule has 0 heterocycles. The van der Waals surface area contributed by atoms with Crippen molar-refractivity contribution in [3.63, 3.8) is 0 Å². The van der Waals surface area contributed by atoms with E-state index in [1.807, 2.05) is 0 Å². The van der Waals surface area contributed by atoms with Crippen molar-refractivity contribution in [3.05, 3.63) is 241 Å². The second-order valence-corrected chi connectivity index (χ2v) is 17.8. The van der Waals surface area contributed by atoms with Gasteiger partial charge in [-0.25, -0.2) is 0 Å². The minimum Gasteiger partial charge on any atom is -0.310 e. The molecule has 0 radical (unpaired) electrons. The van der Waals surface area contributed by atoms with Crippen LogP contribution in [0.1, 0.15) is 49.1 Å². The van der Waals surface area contributed by atoms with Gasteiger partial charge in [-0.3, -0.25) is 0 Å². The molecule has 0 aliphatic heterocycles. The number of hydrogen-bond donors (Lipinski definition) is 0. The first-order valence-electron chi connectivity index (χ1n) is 23.1. The van der Waals surface area contributed by atoms with Crippen molar-refractivity contribution < 1.29 is 0 Å². The zero-order valence-electron chi connectivity index (χ0n) is 36.0. The molecular formula is C63H49N. The Kier molecular flexibility index (Phi) is 9.75. The summed E-state index contributed by atoms with van der Waals surface area (Å²) in [4.78, 5) is 2.47. The Bertz CT molecular complexity index is 3220. The van der Waals surface area contributed by atoms with Crippen molar-refractivity contribution in [2.24, 2.45) is 5.92 Å². The van der Waals surface area contributed by atoms with Gasteiger partial charge in [-0.15, -0.1) is 0 Å². The van der Waals surface area contributed by atoms with Crippen molar-refractivity contribution in [3.8, 4) is 55.6 Å². The Balaban J connectivity index is 0.970. The van der Waals surface area contributed by atoms with Crippen molar-refractivity contribution in [1.82, 2.24) is 0 Å². The van der Waals surface area contributed by atoms with Gasteiger partial charge in [0.25, 0.3) is 0 Å². The van der Waals surface area contributed by atoms with Gasteiger partial charge >= 0.3 is 0 Å². The summed E-state index contributed by atoms with van der Waals surface area (Å²) in [5, 5.41) is 2.53. The van der Waals surface area contributed by atoms with Crippen LogP contribution in [0, 0.1) is 5.92 Å². The standard InChI is InChI=1S/C63H49N/c1-4-16-44(17-5-1)55-40-35-50(42-59(55)46-18-6-2-7-19-46)43-30-36-51(37-31-43)64(52-38-32-47(33-39-52)54-27-14-23-45-20-10-11-25-53(45)54)60-29-13-12-26-56(60)57-28-15-24-49-34-41-58-62(63(58)61(49)57)48-21-8-3-9-22-48/h1-2,4-7,10-20,23-42,48,63H,3,8-9,21-22H2/t63-/m0/s1. The van der Waals surface area contributed by atoms with E-state index < -0.39 is 0 Å². The molecule has 9 aromatic rings. The number of anilines is 3. The summed E-state index contributed by atoms with van der Waals surface area (Å²) >= 11 is 0. The van der Waals surface area contributed by atoms with Gasteiger partial charge in [0.2, 0.25) is 0 Å². The van der Waals surface area contributed by atoms with Crippen LogP contribution in [0.25, 0.3) is 72.5 Å². The molecule has 0 saturated heterocycles. The SMILES string of the molecule is C1=Cc2cccc(-c3ccccc3N(c3ccc(-c4ccc(-c5ccccc5)c(-c5ccccc5)c4)cc3)c3ccc(-c4cccc5ccccc45)cc3)c2[C@@H]2C1=C2C1CCCCC1. The van der Waals surface area contributed by atoms with Crippen LogP contribution in [0.4, 0.5) is 17.1 Å². The van der Waals surface area contributed by atoms with Gasteiger partial charge in [-0.05, 0) is 133 Å². The van der Waals surface area contributed by atoms with Crippen LogP contribution in [-0.2, 0) is 0 Å². The molecule has 3 aliphatic carbocycles. The summed E-state index contributed by atoms with van der Waals surface area (Å²) in [6.45, 7) is 0. The lowest BCUT2D eigenvalue weighted by Gasteiger charge is -2.29. The van der Waals surface area contributed by atoms with Crippen molar-refractivity contribution >= 4 is 33.9 Å². The zero-order valence-corrected chi connectivity index (χ0v) is 36.0. The maximum Gasteiger partial charge on any atom is 0.0540 e. The van der Waals surface area contributed by atoms with E-state index in [1.54, 1.807) is 11.1 Å². The molecule has 12 rings (SSSR count). The molecule has 1 fully saturated rings. The van der Waals surface area contributed by atoms with Crippen LogP contribution in [0.3, 0.4) is 0 Å². The summed E-state index contributed by atoms with van der Waals surface area (Å²) in [5.74, 6) is 1.16. The maximum absolute atomic E-state index is 2.47. The number of para-hydroxylation sites is 1. The minimum absolute atomic E-state index is 0.439. The highest BCUT2D eigenvalue weighted by Crippen LogP contribution is 2.60. The van der Waals surface area contributed by atoms with E-state index in [-0.39, 0.29) is 0 Å². The summed E-state index contributed by atoms with van der Waals surface area (Å²) in [5.41, 5.74) is 21.9. The van der Waals surface area contributed by atoms with Crippen LogP contribution in [0.2, 0.25) is 0 Å². The molecule has 3 aliphatic rings. The van der Waals surface area contributed by atoms with Crippen LogP contribution < -0.4 is 4.90 Å². The van der Waals surface area contributed by atoms with E-state index in [2.05, 4.69) is 229 Å². The highest BCUT2D eigenvalue weighted by atomic mass is 15.1. The summed E-state index contributed by atoms with van der Waals surface area (Å²) in [6, 6.07) is 78.2. The average Bonchev–Trinajstić information content (AvgIpc) is 4.13. The van der Waals surface area contributed by atoms with Gasteiger partial charge in [-0.1, -0.05) is 213 Å². The predicted molar refractivity (Wildman–Crippen MR) is 271 cm³/mol. The lowest BCUT2D eigenvalue weighted by molar-refractivity contribution is 0.406. The van der Waals surface area contributed by atoms with E-state index in [1.165, 1.54) is 115 Å². The van der Waals surface area contributed by atoms with E-state index in [0.717, 1.165) is 17.3 Å². The van der Waals surface area contributed by atoms with E-state index >= 15 is 0 Å². The molecule has 1 atom stereocenters.